The Balaban J connectivity index is 1.97. The topological polar surface area (TPSA) is 38.3 Å². The number of benzene rings is 2. The van der Waals surface area contributed by atoms with Crippen LogP contribution >= 0.6 is 11.6 Å². The molecule has 1 atom stereocenters. The molecule has 2 rings (SSSR count). The average Bonchev–Trinajstić information content (AvgIpc) is 2.50. The summed E-state index contributed by atoms with van der Waals surface area (Å²) < 4.78 is 5.46. The third-order valence-electron chi connectivity index (χ3n) is 3.92. The van der Waals surface area contributed by atoms with E-state index in [1.807, 2.05) is 19.1 Å². The van der Waals surface area contributed by atoms with Gasteiger partial charge < -0.3 is 10.1 Å². The Bertz CT molecular complexity index is 713. The van der Waals surface area contributed by atoms with Crippen LogP contribution in [0.5, 0.6) is 5.75 Å². The molecule has 0 aliphatic carbocycles. The molecule has 4 heteroatoms. The van der Waals surface area contributed by atoms with Crippen molar-refractivity contribution in [2.24, 2.45) is 0 Å². The van der Waals surface area contributed by atoms with Crippen LogP contribution in [0.3, 0.4) is 0 Å². The smallest absolute Gasteiger partial charge is 0.258 e. The molecule has 0 fully saturated rings. The minimum atomic E-state index is -0.171. The Morgan fingerprint density at radius 2 is 1.78 bits per heavy atom. The van der Waals surface area contributed by atoms with Gasteiger partial charge in [-0.25, -0.2) is 0 Å². The van der Waals surface area contributed by atoms with Crippen molar-refractivity contribution in [1.29, 1.82) is 0 Å². The second-order valence-electron chi connectivity index (χ2n) is 5.80. The summed E-state index contributed by atoms with van der Waals surface area (Å²) in [4.78, 5) is 12.1. The molecular weight excluding hydrogens is 310 g/mol. The quantitative estimate of drug-likeness (QED) is 0.874. The van der Waals surface area contributed by atoms with Crippen molar-refractivity contribution < 1.29 is 9.53 Å². The zero-order valence-electron chi connectivity index (χ0n) is 13.9. The SMILES string of the molecule is Cc1cc(C)c([C@@H](C)NC(=O)COc2ccccc2Cl)cc1C. The van der Waals surface area contributed by atoms with Crippen molar-refractivity contribution >= 4 is 17.5 Å². The molecule has 0 radical (unpaired) electrons. The van der Waals surface area contributed by atoms with Crippen LogP contribution in [0.15, 0.2) is 36.4 Å². The van der Waals surface area contributed by atoms with Crippen LogP contribution in [-0.4, -0.2) is 12.5 Å². The summed E-state index contributed by atoms with van der Waals surface area (Å²) in [5, 5.41) is 3.46. The van der Waals surface area contributed by atoms with Gasteiger partial charge in [0.2, 0.25) is 0 Å². The monoisotopic (exact) mass is 331 g/mol. The molecule has 23 heavy (non-hydrogen) atoms. The predicted molar refractivity (Wildman–Crippen MR) is 94.2 cm³/mol. The molecular formula is C19H22ClNO2. The normalized spacial score (nSPS) is 11.9. The Hall–Kier alpha value is -2.00. The fourth-order valence-electron chi connectivity index (χ4n) is 2.52. The van der Waals surface area contributed by atoms with Crippen LogP contribution < -0.4 is 10.1 Å². The molecule has 3 nitrogen and oxygen atoms in total. The molecule has 122 valence electrons. The number of carbonyl (C=O) groups excluding carboxylic acids is 1. The predicted octanol–water partition coefficient (Wildman–Crippen LogP) is 4.52. The van der Waals surface area contributed by atoms with Gasteiger partial charge in [0.05, 0.1) is 11.1 Å². The number of hydrogen-bond donors (Lipinski definition) is 1. The number of amides is 1. The number of rotatable bonds is 5. The van der Waals surface area contributed by atoms with Crippen molar-refractivity contribution in [3.8, 4) is 5.75 Å². The molecule has 0 saturated carbocycles. The van der Waals surface area contributed by atoms with E-state index in [2.05, 4.69) is 38.2 Å². The molecule has 0 unspecified atom stereocenters. The first-order valence-electron chi connectivity index (χ1n) is 7.63. The number of nitrogens with one attached hydrogen (secondary N) is 1. The molecule has 2 aromatic rings. The van der Waals surface area contributed by atoms with Crippen molar-refractivity contribution in [3.05, 3.63) is 63.7 Å². The summed E-state index contributed by atoms with van der Waals surface area (Å²) in [6.45, 7) is 8.15. The Morgan fingerprint density at radius 3 is 2.48 bits per heavy atom. The van der Waals surface area contributed by atoms with Gasteiger partial charge in [-0.15, -0.1) is 0 Å². The maximum atomic E-state index is 12.1. The second kappa shape index (κ2) is 7.51. The van der Waals surface area contributed by atoms with E-state index in [0.29, 0.717) is 10.8 Å². The Kier molecular flexibility index (Phi) is 5.67. The number of carbonyl (C=O) groups is 1. The van der Waals surface area contributed by atoms with Gasteiger partial charge >= 0.3 is 0 Å². The molecule has 2 aromatic carbocycles. The average molecular weight is 332 g/mol. The van der Waals surface area contributed by atoms with Gasteiger partial charge in [0.15, 0.2) is 6.61 Å². The summed E-state index contributed by atoms with van der Waals surface area (Å²) in [6.07, 6.45) is 0. The van der Waals surface area contributed by atoms with Gasteiger partial charge in [0.1, 0.15) is 5.75 Å². The van der Waals surface area contributed by atoms with Crippen LogP contribution in [0.4, 0.5) is 0 Å². The zero-order valence-corrected chi connectivity index (χ0v) is 14.7. The third kappa shape index (κ3) is 4.49. The first kappa shape index (κ1) is 17.4. The Morgan fingerprint density at radius 1 is 1.13 bits per heavy atom. The first-order chi connectivity index (χ1) is 10.9. The lowest BCUT2D eigenvalue weighted by molar-refractivity contribution is -0.123. The van der Waals surface area contributed by atoms with Gasteiger partial charge in [-0.3, -0.25) is 4.79 Å². The van der Waals surface area contributed by atoms with Crippen LogP contribution in [-0.2, 0) is 4.79 Å². The highest BCUT2D eigenvalue weighted by Crippen LogP contribution is 2.23. The number of para-hydroxylation sites is 1. The standard InChI is InChI=1S/C19H22ClNO2/c1-12-9-14(3)16(10-13(12)2)15(4)21-19(22)11-23-18-8-6-5-7-17(18)20/h5-10,15H,11H2,1-4H3,(H,21,22)/t15-/m1/s1. The van der Waals surface area contributed by atoms with Gasteiger partial charge in [0.25, 0.3) is 5.91 Å². The van der Waals surface area contributed by atoms with E-state index >= 15 is 0 Å². The highest BCUT2D eigenvalue weighted by Gasteiger charge is 2.13. The summed E-state index contributed by atoms with van der Waals surface area (Å²) in [5.41, 5.74) is 4.78. The van der Waals surface area contributed by atoms with E-state index in [1.165, 1.54) is 16.7 Å². The number of aryl methyl sites for hydroxylation is 3. The number of hydrogen-bond acceptors (Lipinski definition) is 2. The largest absolute Gasteiger partial charge is 0.482 e. The third-order valence-corrected chi connectivity index (χ3v) is 4.23. The minimum absolute atomic E-state index is 0.0576. The van der Waals surface area contributed by atoms with Gasteiger partial charge in [-0.05, 0) is 62.1 Å². The summed E-state index contributed by atoms with van der Waals surface area (Å²) in [5.74, 6) is 0.342. The maximum absolute atomic E-state index is 12.1. The fourth-order valence-corrected chi connectivity index (χ4v) is 2.71. The lowest BCUT2D eigenvalue weighted by atomic mass is 9.96. The van der Waals surface area contributed by atoms with Gasteiger partial charge in [-0.2, -0.15) is 0 Å². The summed E-state index contributed by atoms with van der Waals surface area (Å²) in [6, 6.07) is 11.3. The highest BCUT2D eigenvalue weighted by molar-refractivity contribution is 6.32. The summed E-state index contributed by atoms with van der Waals surface area (Å²) >= 11 is 6.01. The molecule has 0 heterocycles. The van der Waals surface area contributed by atoms with Crippen LogP contribution in [0, 0.1) is 20.8 Å². The van der Waals surface area contributed by atoms with Crippen molar-refractivity contribution in [2.75, 3.05) is 6.61 Å². The van der Waals surface area contributed by atoms with E-state index < -0.39 is 0 Å². The molecule has 0 saturated heterocycles. The first-order valence-corrected chi connectivity index (χ1v) is 8.00. The molecule has 0 spiro atoms. The highest BCUT2D eigenvalue weighted by atomic mass is 35.5. The van der Waals surface area contributed by atoms with E-state index in [9.17, 15) is 4.79 Å². The van der Waals surface area contributed by atoms with Crippen molar-refractivity contribution in [2.45, 2.75) is 33.7 Å². The lowest BCUT2D eigenvalue weighted by Gasteiger charge is -2.18. The minimum Gasteiger partial charge on any atom is -0.482 e. The van der Waals surface area contributed by atoms with Crippen LogP contribution in [0.25, 0.3) is 0 Å². The molecule has 0 bridgehead atoms. The van der Waals surface area contributed by atoms with E-state index in [4.69, 9.17) is 16.3 Å². The second-order valence-corrected chi connectivity index (χ2v) is 6.21. The van der Waals surface area contributed by atoms with E-state index in [0.717, 1.165) is 5.56 Å². The molecule has 0 aliphatic rings. The zero-order chi connectivity index (χ0) is 17.0. The molecule has 1 amide bonds. The van der Waals surface area contributed by atoms with Crippen LogP contribution in [0.2, 0.25) is 5.02 Å². The fraction of sp³-hybridized carbons (Fsp3) is 0.316. The lowest BCUT2D eigenvalue weighted by Crippen LogP contribution is -2.31. The van der Waals surface area contributed by atoms with Crippen LogP contribution in [0.1, 0.15) is 35.2 Å². The Labute approximate surface area is 142 Å². The van der Waals surface area contributed by atoms with E-state index in [-0.39, 0.29) is 18.6 Å². The number of ether oxygens (including phenoxy) is 1. The molecule has 1 N–H and O–H groups in total. The number of halogens is 1. The maximum Gasteiger partial charge on any atom is 0.258 e. The van der Waals surface area contributed by atoms with Gasteiger partial charge in [0, 0.05) is 0 Å². The summed E-state index contributed by atoms with van der Waals surface area (Å²) in [7, 11) is 0. The van der Waals surface area contributed by atoms with Crippen molar-refractivity contribution in [3.63, 3.8) is 0 Å². The molecule has 0 aliphatic heterocycles. The van der Waals surface area contributed by atoms with Crippen molar-refractivity contribution in [1.82, 2.24) is 5.32 Å². The van der Waals surface area contributed by atoms with Gasteiger partial charge in [-0.1, -0.05) is 35.9 Å². The molecule has 0 aromatic heterocycles. The van der Waals surface area contributed by atoms with E-state index in [1.54, 1.807) is 12.1 Å².